The van der Waals surface area contributed by atoms with Crippen LogP contribution in [0.5, 0.6) is 0 Å². The van der Waals surface area contributed by atoms with Crippen LogP contribution in [0.25, 0.3) is 21.9 Å². The third-order valence-corrected chi connectivity index (χ3v) is 5.30. The second kappa shape index (κ2) is 10.8. The number of amides is 2. The van der Waals surface area contributed by atoms with Gasteiger partial charge >= 0.3 is 6.09 Å². The molecule has 0 aliphatic carbocycles. The van der Waals surface area contributed by atoms with Crippen molar-refractivity contribution >= 4 is 39.8 Å². The van der Waals surface area contributed by atoms with E-state index in [1.54, 1.807) is 41.5 Å². The van der Waals surface area contributed by atoms with E-state index < -0.39 is 29.2 Å². The molecule has 10 heteroatoms. The molecule has 0 aliphatic heterocycles. The smallest absolute Gasteiger partial charge is 0.408 e. The fourth-order valence-electron chi connectivity index (χ4n) is 3.84. The minimum absolute atomic E-state index is 0.237. The second-order valence-corrected chi connectivity index (χ2v) is 10.3. The number of carbonyl (C=O) groups is 2. The highest BCUT2D eigenvalue weighted by molar-refractivity contribution is 6.10. The number of rotatable bonds is 9. The van der Waals surface area contributed by atoms with Gasteiger partial charge in [0.2, 0.25) is 5.91 Å². The van der Waals surface area contributed by atoms with Crippen molar-refractivity contribution in [2.75, 3.05) is 11.9 Å². The molecule has 10 nitrogen and oxygen atoms in total. The zero-order valence-electron chi connectivity index (χ0n) is 22.1. The predicted octanol–water partition coefficient (Wildman–Crippen LogP) is 4.13. The molecular formula is C26H37N5O5. The number of imidazole rings is 1. The van der Waals surface area contributed by atoms with Gasteiger partial charge in [0.25, 0.3) is 0 Å². The Morgan fingerprint density at radius 2 is 1.81 bits per heavy atom. The lowest BCUT2D eigenvalue weighted by atomic mass is 10.1. The van der Waals surface area contributed by atoms with Crippen molar-refractivity contribution in [2.24, 2.45) is 0 Å². The van der Waals surface area contributed by atoms with Crippen LogP contribution in [0.4, 0.5) is 10.6 Å². The van der Waals surface area contributed by atoms with E-state index >= 15 is 0 Å². The zero-order valence-corrected chi connectivity index (χ0v) is 22.1. The summed E-state index contributed by atoms with van der Waals surface area (Å²) in [5, 5.41) is 16.9. The van der Waals surface area contributed by atoms with Crippen molar-refractivity contribution in [1.82, 2.24) is 19.9 Å². The molecule has 1 aromatic carbocycles. The molecule has 0 fully saturated rings. The first-order valence-corrected chi connectivity index (χ1v) is 12.2. The van der Waals surface area contributed by atoms with Gasteiger partial charge in [0, 0.05) is 12.0 Å². The van der Waals surface area contributed by atoms with Gasteiger partial charge in [-0.05, 0) is 54.0 Å². The van der Waals surface area contributed by atoms with Crippen LogP contribution in [0.2, 0.25) is 0 Å². The summed E-state index contributed by atoms with van der Waals surface area (Å²) in [4.78, 5) is 34.9. The van der Waals surface area contributed by atoms with Gasteiger partial charge < -0.3 is 29.8 Å². The largest absolute Gasteiger partial charge is 0.444 e. The van der Waals surface area contributed by atoms with Crippen LogP contribution < -0.4 is 10.6 Å². The van der Waals surface area contributed by atoms with Gasteiger partial charge in [-0.15, -0.1) is 0 Å². The summed E-state index contributed by atoms with van der Waals surface area (Å²) in [7, 11) is 0. The molecule has 0 radical (unpaired) electrons. The Bertz CT molecular complexity index is 1240. The lowest BCUT2D eigenvalue weighted by molar-refractivity contribution is -0.118. The van der Waals surface area contributed by atoms with Gasteiger partial charge in [-0.2, -0.15) is 0 Å². The van der Waals surface area contributed by atoms with E-state index in [-0.39, 0.29) is 19.0 Å². The maximum atomic E-state index is 13.2. The Balaban J connectivity index is 2.07. The molecular weight excluding hydrogens is 462 g/mol. The molecule has 196 valence electrons. The summed E-state index contributed by atoms with van der Waals surface area (Å²) in [6.45, 7) is 13.4. The Morgan fingerprint density at radius 1 is 1.11 bits per heavy atom. The van der Waals surface area contributed by atoms with Gasteiger partial charge in [0.1, 0.15) is 29.6 Å². The molecule has 0 unspecified atom stereocenters. The van der Waals surface area contributed by atoms with E-state index in [1.807, 2.05) is 35.8 Å². The van der Waals surface area contributed by atoms with Gasteiger partial charge in [0.05, 0.1) is 23.2 Å². The SMILES string of the molecule is CCOCc1nc2c(NC(=O)[C@H](CC)NC(=O)OC(C)(C)C)nc3ccccc3c2n1CC(C)(C)O. The Morgan fingerprint density at radius 3 is 2.42 bits per heavy atom. The highest BCUT2D eigenvalue weighted by Crippen LogP contribution is 2.31. The molecule has 0 spiro atoms. The average molecular weight is 500 g/mol. The number of pyridine rings is 1. The van der Waals surface area contributed by atoms with Crippen LogP contribution >= 0.6 is 0 Å². The van der Waals surface area contributed by atoms with Crippen molar-refractivity contribution in [3.63, 3.8) is 0 Å². The number of benzene rings is 1. The number of alkyl carbamates (subject to hydrolysis) is 1. The standard InChI is InChI=1S/C26H37N5O5/c1-8-17(28-24(33)36-25(3,4)5)23(32)30-22-20-21(16-12-10-11-13-18(16)27-22)31(15-26(6,7)34)19(29-20)14-35-9-2/h10-13,17,34H,8-9,14-15H2,1-7H3,(H,28,33)(H,27,30,32)/t17-/m0/s1. The van der Waals surface area contributed by atoms with E-state index in [0.29, 0.717) is 29.9 Å². The molecule has 3 aromatic rings. The molecule has 2 amide bonds. The van der Waals surface area contributed by atoms with Gasteiger partial charge in [-0.1, -0.05) is 25.1 Å². The zero-order chi connectivity index (χ0) is 26.7. The van der Waals surface area contributed by atoms with Crippen molar-refractivity contribution in [1.29, 1.82) is 0 Å². The lowest BCUT2D eigenvalue weighted by Crippen LogP contribution is -2.45. The first kappa shape index (κ1) is 27.3. The summed E-state index contributed by atoms with van der Waals surface area (Å²) >= 11 is 0. The van der Waals surface area contributed by atoms with Crippen molar-refractivity contribution in [3.05, 3.63) is 30.1 Å². The molecule has 1 atom stereocenters. The third-order valence-electron chi connectivity index (χ3n) is 5.30. The van der Waals surface area contributed by atoms with Crippen LogP contribution in [0.3, 0.4) is 0 Å². The highest BCUT2D eigenvalue weighted by atomic mass is 16.6. The van der Waals surface area contributed by atoms with Crippen molar-refractivity contribution in [3.8, 4) is 0 Å². The molecule has 36 heavy (non-hydrogen) atoms. The van der Waals surface area contributed by atoms with Crippen molar-refractivity contribution < 1.29 is 24.2 Å². The molecule has 3 N–H and O–H groups in total. The fraction of sp³-hybridized carbons (Fsp3) is 0.538. The minimum atomic E-state index is -1.02. The number of ether oxygens (including phenoxy) is 2. The lowest BCUT2D eigenvalue weighted by Gasteiger charge is -2.22. The number of hydrogen-bond acceptors (Lipinski definition) is 7. The quantitative estimate of drug-likeness (QED) is 0.404. The van der Waals surface area contributed by atoms with Gasteiger partial charge in [-0.25, -0.2) is 14.8 Å². The van der Waals surface area contributed by atoms with E-state index in [1.165, 1.54) is 0 Å². The minimum Gasteiger partial charge on any atom is -0.444 e. The topological polar surface area (TPSA) is 128 Å². The van der Waals surface area contributed by atoms with Crippen LogP contribution in [0.1, 0.15) is 60.7 Å². The number of hydrogen-bond donors (Lipinski definition) is 3. The second-order valence-electron chi connectivity index (χ2n) is 10.3. The molecule has 0 saturated heterocycles. The number of nitrogens with zero attached hydrogens (tertiary/aromatic N) is 3. The number of carbonyl (C=O) groups excluding carboxylic acids is 2. The number of aliphatic hydroxyl groups is 1. The number of nitrogens with one attached hydrogen (secondary N) is 2. The fourth-order valence-corrected chi connectivity index (χ4v) is 3.84. The molecule has 0 aliphatic rings. The summed E-state index contributed by atoms with van der Waals surface area (Å²) in [5.41, 5.74) is 0.171. The van der Waals surface area contributed by atoms with Crippen LogP contribution in [-0.2, 0) is 27.4 Å². The molecule has 2 aromatic heterocycles. The Labute approximate surface area is 211 Å². The average Bonchev–Trinajstić information content (AvgIpc) is 3.12. The monoisotopic (exact) mass is 499 g/mol. The van der Waals surface area contributed by atoms with Crippen LogP contribution in [0.15, 0.2) is 24.3 Å². The summed E-state index contributed by atoms with van der Waals surface area (Å²) in [5.74, 6) is 0.447. The highest BCUT2D eigenvalue weighted by Gasteiger charge is 2.27. The number of fused-ring (bicyclic) bond motifs is 3. The first-order chi connectivity index (χ1) is 16.8. The maximum Gasteiger partial charge on any atom is 0.408 e. The van der Waals surface area contributed by atoms with Crippen LogP contribution in [0, 0.1) is 0 Å². The summed E-state index contributed by atoms with van der Waals surface area (Å²) < 4.78 is 12.9. The first-order valence-electron chi connectivity index (χ1n) is 12.2. The van der Waals surface area contributed by atoms with Gasteiger partial charge in [-0.3, -0.25) is 4.79 Å². The number of anilines is 1. The molecule has 3 rings (SSSR count). The third kappa shape index (κ3) is 6.70. The Hall–Kier alpha value is -3.24. The van der Waals surface area contributed by atoms with E-state index in [0.717, 1.165) is 10.9 Å². The number of aromatic nitrogens is 3. The summed E-state index contributed by atoms with van der Waals surface area (Å²) in [6, 6.07) is 6.73. The van der Waals surface area contributed by atoms with E-state index in [4.69, 9.17) is 14.5 Å². The predicted molar refractivity (Wildman–Crippen MR) is 139 cm³/mol. The molecule has 0 saturated carbocycles. The number of para-hydroxylation sites is 1. The molecule has 0 bridgehead atoms. The van der Waals surface area contributed by atoms with E-state index in [2.05, 4.69) is 15.6 Å². The van der Waals surface area contributed by atoms with Crippen molar-refractivity contribution in [2.45, 2.75) is 85.3 Å². The normalized spacial score (nSPS) is 13.1. The molecule has 2 heterocycles. The van der Waals surface area contributed by atoms with Gasteiger partial charge in [0.15, 0.2) is 5.82 Å². The van der Waals surface area contributed by atoms with E-state index in [9.17, 15) is 14.7 Å². The maximum absolute atomic E-state index is 13.2. The summed E-state index contributed by atoms with van der Waals surface area (Å²) in [6.07, 6.45) is -0.320. The Kier molecular flexibility index (Phi) is 8.20. The van der Waals surface area contributed by atoms with Crippen LogP contribution in [-0.4, -0.2) is 55.5 Å².